The number of methoxy groups -OCH3 is 1. The Bertz CT molecular complexity index is 363. The van der Waals surface area contributed by atoms with E-state index in [1.54, 1.807) is 13.2 Å². The van der Waals surface area contributed by atoms with Crippen molar-refractivity contribution < 1.29 is 19.0 Å². The molecule has 0 bridgehead atoms. The van der Waals surface area contributed by atoms with Gasteiger partial charge >= 0.3 is 0 Å². The first-order chi connectivity index (χ1) is 8.75. The summed E-state index contributed by atoms with van der Waals surface area (Å²) in [6.45, 7) is 3.91. The Morgan fingerprint density at radius 1 is 1.11 bits per heavy atom. The highest BCUT2D eigenvalue weighted by atomic mass is 16.5. The Labute approximate surface area is 108 Å². The van der Waals surface area contributed by atoms with Gasteiger partial charge in [-0.25, -0.2) is 0 Å². The molecule has 1 aromatic rings. The molecule has 4 heteroatoms. The first kappa shape index (κ1) is 14.7. The van der Waals surface area contributed by atoms with Crippen LogP contribution in [0.1, 0.15) is 23.7 Å². The lowest BCUT2D eigenvalue weighted by Gasteiger charge is -2.09. The highest BCUT2D eigenvalue weighted by Crippen LogP contribution is 2.18. The van der Waals surface area contributed by atoms with Crippen LogP contribution in [0.3, 0.4) is 0 Å². The van der Waals surface area contributed by atoms with Crippen LogP contribution in [-0.4, -0.2) is 39.3 Å². The molecule has 0 spiro atoms. The van der Waals surface area contributed by atoms with Crippen molar-refractivity contribution in [2.75, 3.05) is 33.5 Å². The van der Waals surface area contributed by atoms with E-state index in [1.165, 1.54) is 6.92 Å². The fourth-order valence-corrected chi connectivity index (χ4v) is 1.47. The van der Waals surface area contributed by atoms with Crippen molar-refractivity contribution in [3.8, 4) is 5.75 Å². The lowest BCUT2D eigenvalue weighted by Crippen LogP contribution is -2.08. The van der Waals surface area contributed by atoms with Crippen LogP contribution in [0.4, 0.5) is 0 Å². The highest BCUT2D eigenvalue weighted by molar-refractivity contribution is 5.96. The minimum Gasteiger partial charge on any atom is -0.493 e. The number of carbonyl (C=O) groups is 1. The Morgan fingerprint density at radius 2 is 1.89 bits per heavy atom. The van der Waals surface area contributed by atoms with Crippen LogP contribution < -0.4 is 4.74 Å². The molecule has 4 nitrogen and oxygen atoms in total. The third kappa shape index (κ3) is 5.29. The van der Waals surface area contributed by atoms with Gasteiger partial charge in [-0.1, -0.05) is 12.1 Å². The van der Waals surface area contributed by atoms with Gasteiger partial charge in [-0.2, -0.15) is 0 Å². The van der Waals surface area contributed by atoms with Crippen LogP contribution >= 0.6 is 0 Å². The zero-order valence-electron chi connectivity index (χ0n) is 11.0. The van der Waals surface area contributed by atoms with Gasteiger partial charge in [0.1, 0.15) is 5.75 Å². The van der Waals surface area contributed by atoms with Gasteiger partial charge in [0.15, 0.2) is 5.78 Å². The minimum absolute atomic E-state index is 0.0157. The first-order valence-electron chi connectivity index (χ1n) is 6.05. The summed E-state index contributed by atoms with van der Waals surface area (Å²) in [5, 5.41) is 0. The summed E-state index contributed by atoms with van der Waals surface area (Å²) in [6, 6.07) is 7.27. The second-order valence-corrected chi connectivity index (χ2v) is 3.86. The van der Waals surface area contributed by atoms with E-state index < -0.39 is 0 Å². The molecule has 0 aliphatic rings. The summed E-state index contributed by atoms with van der Waals surface area (Å²) in [7, 11) is 1.64. The fourth-order valence-electron chi connectivity index (χ4n) is 1.47. The SMILES string of the molecule is COCCOCCCOc1ccccc1C(C)=O. The topological polar surface area (TPSA) is 44.8 Å². The number of carbonyl (C=O) groups excluding carboxylic acids is 1. The van der Waals surface area contributed by atoms with E-state index in [4.69, 9.17) is 14.2 Å². The van der Waals surface area contributed by atoms with Gasteiger partial charge in [0.25, 0.3) is 0 Å². The van der Waals surface area contributed by atoms with E-state index in [-0.39, 0.29) is 5.78 Å². The van der Waals surface area contributed by atoms with Crippen molar-refractivity contribution in [1.82, 2.24) is 0 Å². The third-order valence-electron chi connectivity index (χ3n) is 2.39. The fraction of sp³-hybridized carbons (Fsp3) is 0.500. The van der Waals surface area contributed by atoms with Crippen molar-refractivity contribution in [3.05, 3.63) is 29.8 Å². The second-order valence-electron chi connectivity index (χ2n) is 3.86. The normalized spacial score (nSPS) is 10.3. The van der Waals surface area contributed by atoms with Crippen LogP contribution in [0.15, 0.2) is 24.3 Å². The molecule has 0 saturated carbocycles. The minimum atomic E-state index is 0.0157. The maximum absolute atomic E-state index is 11.4. The summed E-state index contributed by atoms with van der Waals surface area (Å²) < 4.78 is 15.8. The van der Waals surface area contributed by atoms with Gasteiger partial charge in [0.2, 0.25) is 0 Å². The van der Waals surface area contributed by atoms with E-state index in [1.807, 2.05) is 18.2 Å². The average molecular weight is 252 g/mol. The number of Topliss-reactive ketones (excluding diaryl/α,β-unsaturated/α-hetero) is 1. The maximum atomic E-state index is 11.4. The number of para-hydroxylation sites is 1. The van der Waals surface area contributed by atoms with Crippen molar-refractivity contribution in [3.63, 3.8) is 0 Å². The predicted molar refractivity (Wildman–Crippen MR) is 69.3 cm³/mol. The Kier molecular flexibility index (Phi) is 7.06. The standard InChI is InChI=1S/C14H20O4/c1-12(15)13-6-3-4-7-14(13)18-9-5-8-17-11-10-16-2/h3-4,6-7H,5,8-11H2,1-2H3. The summed E-state index contributed by atoms with van der Waals surface area (Å²) in [4.78, 5) is 11.4. The van der Waals surface area contributed by atoms with E-state index in [0.717, 1.165) is 6.42 Å². The number of hydrogen-bond donors (Lipinski definition) is 0. The molecular formula is C14H20O4. The zero-order chi connectivity index (χ0) is 13.2. The van der Waals surface area contributed by atoms with Crippen molar-refractivity contribution in [1.29, 1.82) is 0 Å². The number of rotatable bonds is 9. The Balaban J connectivity index is 2.25. The summed E-state index contributed by atoms with van der Waals surface area (Å²) in [5.74, 6) is 0.656. The lowest BCUT2D eigenvalue weighted by atomic mass is 10.1. The van der Waals surface area contributed by atoms with Gasteiger partial charge in [-0.15, -0.1) is 0 Å². The van der Waals surface area contributed by atoms with Gasteiger partial charge < -0.3 is 14.2 Å². The van der Waals surface area contributed by atoms with Crippen molar-refractivity contribution >= 4 is 5.78 Å². The van der Waals surface area contributed by atoms with Crippen LogP contribution in [0.2, 0.25) is 0 Å². The van der Waals surface area contributed by atoms with Crippen molar-refractivity contribution in [2.45, 2.75) is 13.3 Å². The molecule has 0 radical (unpaired) electrons. The molecule has 0 aromatic heterocycles. The molecule has 1 aromatic carbocycles. The number of hydrogen-bond acceptors (Lipinski definition) is 4. The molecule has 0 atom stereocenters. The van der Waals surface area contributed by atoms with Gasteiger partial charge in [-0.3, -0.25) is 4.79 Å². The summed E-state index contributed by atoms with van der Waals surface area (Å²) in [6.07, 6.45) is 0.788. The average Bonchev–Trinajstić information content (AvgIpc) is 2.38. The van der Waals surface area contributed by atoms with E-state index in [2.05, 4.69) is 0 Å². The van der Waals surface area contributed by atoms with Gasteiger partial charge in [-0.05, 0) is 19.1 Å². The molecule has 18 heavy (non-hydrogen) atoms. The molecule has 0 aliphatic heterocycles. The van der Waals surface area contributed by atoms with E-state index >= 15 is 0 Å². The van der Waals surface area contributed by atoms with Crippen LogP contribution in [0, 0.1) is 0 Å². The second kappa shape index (κ2) is 8.66. The molecule has 1 rings (SSSR count). The summed E-state index contributed by atoms with van der Waals surface area (Å²) in [5.41, 5.74) is 0.623. The Morgan fingerprint density at radius 3 is 2.61 bits per heavy atom. The largest absolute Gasteiger partial charge is 0.493 e. The predicted octanol–water partition coefficient (Wildman–Crippen LogP) is 2.32. The molecule has 0 amide bonds. The number of ketones is 1. The molecule has 0 fully saturated rings. The Hall–Kier alpha value is -1.39. The van der Waals surface area contributed by atoms with Gasteiger partial charge in [0.05, 0.1) is 25.4 Å². The molecule has 0 aliphatic carbocycles. The van der Waals surface area contributed by atoms with Crippen molar-refractivity contribution in [2.24, 2.45) is 0 Å². The molecule has 100 valence electrons. The first-order valence-corrected chi connectivity index (χ1v) is 6.05. The van der Waals surface area contributed by atoms with E-state index in [0.29, 0.717) is 37.7 Å². The zero-order valence-corrected chi connectivity index (χ0v) is 11.0. The molecular weight excluding hydrogens is 232 g/mol. The van der Waals surface area contributed by atoms with Crippen LogP contribution in [-0.2, 0) is 9.47 Å². The lowest BCUT2D eigenvalue weighted by molar-refractivity contribution is 0.0643. The molecule has 0 unspecified atom stereocenters. The van der Waals surface area contributed by atoms with Crippen LogP contribution in [0.25, 0.3) is 0 Å². The molecule has 0 heterocycles. The third-order valence-corrected chi connectivity index (χ3v) is 2.39. The molecule has 0 saturated heterocycles. The summed E-state index contributed by atoms with van der Waals surface area (Å²) >= 11 is 0. The molecule has 0 N–H and O–H groups in total. The smallest absolute Gasteiger partial charge is 0.163 e. The maximum Gasteiger partial charge on any atom is 0.163 e. The van der Waals surface area contributed by atoms with Crippen LogP contribution in [0.5, 0.6) is 5.75 Å². The number of ether oxygens (including phenoxy) is 3. The van der Waals surface area contributed by atoms with Gasteiger partial charge in [0, 0.05) is 20.1 Å². The highest BCUT2D eigenvalue weighted by Gasteiger charge is 2.06. The quantitative estimate of drug-likeness (QED) is 0.500. The van der Waals surface area contributed by atoms with E-state index in [9.17, 15) is 4.79 Å². The monoisotopic (exact) mass is 252 g/mol. The number of benzene rings is 1.